The van der Waals surface area contributed by atoms with Crippen LogP contribution in [0.5, 0.6) is 5.75 Å². The van der Waals surface area contributed by atoms with Crippen LogP contribution < -0.4 is 4.74 Å². The van der Waals surface area contributed by atoms with Crippen LogP contribution in [0.3, 0.4) is 0 Å². The Morgan fingerprint density at radius 2 is 2.06 bits per heavy atom. The minimum atomic E-state index is 0.641. The summed E-state index contributed by atoms with van der Waals surface area (Å²) in [7, 11) is 1.65. The summed E-state index contributed by atoms with van der Waals surface area (Å²) >= 11 is 1.61. The molecule has 1 aromatic carbocycles. The van der Waals surface area contributed by atoms with Crippen molar-refractivity contribution >= 4 is 11.8 Å². The van der Waals surface area contributed by atoms with Crippen LogP contribution in [0.25, 0.3) is 0 Å². The second kappa shape index (κ2) is 6.08. The number of methoxy groups -OCH3 is 1. The first-order valence-corrected chi connectivity index (χ1v) is 6.42. The summed E-state index contributed by atoms with van der Waals surface area (Å²) in [6, 6.07) is 13.6. The number of hydrogen-bond acceptors (Lipinski definition) is 4. The Hall–Kier alpha value is -1.99. The Kier molecular flexibility index (Phi) is 4.21. The number of thioether (sulfide) groups is 1. The minimum Gasteiger partial charge on any atom is -0.497 e. The van der Waals surface area contributed by atoms with Gasteiger partial charge in [0.1, 0.15) is 5.75 Å². The minimum absolute atomic E-state index is 0.641. The van der Waals surface area contributed by atoms with Gasteiger partial charge in [-0.05, 0) is 29.8 Å². The lowest BCUT2D eigenvalue weighted by atomic mass is 10.2. The third-order valence-electron chi connectivity index (χ3n) is 2.41. The largest absolute Gasteiger partial charge is 0.497 e. The smallest absolute Gasteiger partial charge is 0.118 e. The summed E-state index contributed by atoms with van der Waals surface area (Å²) in [6.07, 6.45) is 1.66. The van der Waals surface area contributed by atoms with Crippen LogP contribution in [0, 0.1) is 11.3 Å². The number of nitrogens with zero attached hydrogens (tertiary/aromatic N) is 2. The molecule has 3 nitrogen and oxygen atoms in total. The lowest BCUT2D eigenvalue weighted by Gasteiger charge is -2.03. The number of ether oxygens (including phenoxy) is 1. The standard InChI is InChI=1S/C14H12N2OS/c1-17-13-4-2-11(3-5-13)10-18-14-8-12(9-15)6-7-16-14/h2-8H,10H2,1H3. The van der Waals surface area contributed by atoms with E-state index in [1.165, 1.54) is 5.56 Å². The molecule has 2 rings (SSSR count). The normalized spacial score (nSPS) is 9.78. The molecule has 90 valence electrons. The fourth-order valence-corrected chi connectivity index (χ4v) is 2.29. The average molecular weight is 256 g/mol. The molecule has 0 aliphatic rings. The van der Waals surface area contributed by atoms with Crippen LogP contribution in [0.4, 0.5) is 0 Å². The van der Waals surface area contributed by atoms with Crippen molar-refractivity contribution in [1.29, 1.82) is 5.26 Å². The van der Waals surface area contributed by atoms with Gasteiger partial charge in [-0.2, -0.15) is 5.26 Å². The van der Waals surface area contributed by atoms with E-state index < -0.39 is 0 Å². The third-order valence-corrected chi connectivity index (χ3v) is 3.41. The molecule has 0 fully saturated rings. The highest BCUT2D eigenvalue weighted by atomic mass is 32.2. The van der Waals surface area contributed by atoms with Gasteiger partial charge in [-0.3, -0.25) is 0 Å². The summed E-state index contributed by atoms with van der Waals surface area (Å²) in [5, 5.41) is 9.67. The van der Waals surface area contributed by atoms with Gasteiger partial charge in [-0.25, -0.2) is 4.98 Å². The fraction of sp³-hybridized carbons (Fsp3) is 0.143. The number of aromatic nitrogens is 1. The lowest BCUT2D eigenvalue weighted by molar-refractivity contribution is 0.414. The zero-order valence-corrected chi connectivity index (χ0v) is 10.8. The maximum Gasteiger partial charge on any atom is 0.118 e. The molecule has 0 unspecified atom stereocenters. The van der Waals surface area contributed by atoms with Crippen LogP contribution in [-0.4, -0.2) is 12.1 Å². The molecule has 0 saturated carbocycles. The molecular formula is C14H12N2OS. The molecule has 0 atom stereocenters. The molecule has 0 radical (unpaired) electrons. The Bertz CT molecular complexity index is 561. The molecule has 0 aliphatic heterocycles. The molecule has 1 aromatic heterocycles. The van der Waals surface area contributed by atoms with E-state index in [0.717, 1.165) is 16.5 Å². The Morgan fingerprint density at radius 1 is 1.28 bits per heavy atom. The van der Waals surface area contributed by atoms with Gasteiger partial charge in [-0.15, -0.1) is 11.8 Å². The maximum atomic E-state index is 8.80. The van der Waals surface area contributed by atoms with Gasteiger partial charge in [0.25, 0.3) is 0 Å². The maximum absolute atomic E-state index is 8.80. The first-order valence-electron chi connectivity index (χ1n) is 5.43. The van der Waals surface area contributed by atoms with E-state index in [1.54, 1.807) is 37.2 Å². The van der Waals surface area contributed by atoms with Crippen molar-refractivity contribution in [3.63, 3.8) is 0 Å². The number of benzene rings is 1. The molecule has 0 N–H and O–H groups in total. The topological polar surface area (TPSA) is 45.9 Å². The van der Waals surface area contributed by atoms with Gasteiger partial charge in [0.2, 0.25) is 0 Å². The summed E-state index contributed by atoms with van der Waals surface area (Å²) in [6.45, 7) is 0. The second-order valence-corrected chi connectivity index (χ2v) is 4.63. The van der Waals surface area contributed by atoms with Gasteiger partial charge in [0.05, 0.1) is 23.8 Å². The molecule has 0 saturated heterocycles. The quantitative estimate of drug-likeness (QED) is 0.788. The van der Waals surface area contributed by atoms with Gasteiger partial charge in [0.15, 0.2) is 0 Å². The monoisotopic (exact) mass is 256 g/mol. The van der Waals surface area contributed by atoms with Crippen LogP contribution in [0.15, 0.2) is 47.6 Å². The summed E-state index contributed by atoms with van der Waals surface area (Å²) in [5.41, 5.74) is 1.84. The van der Waals surface area contributed by atoms with Gasteiger partial charge in [-0.1, -0.05) is 12.1 Å². The van der Waals surface area contributed by atoms with E-state index in [1.807, 2.05) is 24.3 Å². The van der Waals surface area contributed by atoms with E-state index in [2.05, 4.69) is 11.1 Å². The number of hydrogen-bond donors (Lipinski definition) is 0. The summed E-state index contributed by atoms with van der Waals surface area (Å²) < 4.78 is 5.11. The lowest BCUT2D eigenvalue weighted by Crippen LogP contribution is -1.86. The molecule has 0 amide bonds. The number of pyridine rings is 1. The van der Waals surface area contributed by atoms with Crippen molar-refractivity contribution in [3.8, 4) is 11.8 Å². The van der Waals surface area contributed by atoms with Crippen LogP contribution in [0.2, 0.25) is 0 Å². The predicted molar refractivity (Wildman–Crippen MR) is 71.5 cm³/mol. The second-order valence-electron chi connectivity index (χ2n) is 3.63. The average Bonchev–Trinajstić information content (AvgIpc) is 2.46. The van der Waals surface area contributed by atoms with E-state index in [9.17, 15) is 0 Å². The van der Waals surface area contributed by atoms with Crippen LogP contribution >= 0.6 is 11.8 Å². The third kappa shape index (κ3) is 3.25. The zero-order chi connectivity index (χ0) is 12.8. The SMILES string of the molecule is COc1ccc(CSc2cc(C#N)ccn2)cc1. The van der Waals surface area contributed by atoms with Crippen LogP contribution in [-0.2, 0) is 5.75 Å². The summed E-state index contributed by atoms with van der Waals surface area (Å²) in [5.74, 6) is 1.68. The van der Waals surface area contributed by atoms with E-state index in [-0.39, 0.29) is 0 Å². The summed E-state index contributed by atoms with van der Waals surface area (Å²) in [4.78, 5) is 4.22. The van der Waals surface area contributed by atoms with Crippen molar-refractivity contribution < 1.29 is 4.74 Å². The van der Waals surface area contributed by atoms with Crippen molar-refractivity contribution in [3.05, 3.63) is 53.7 Å². The van der Waals surface area contributed by atoms with Crippen molar-refractivity contribution in [1.82, 2.24) is 4.98 Å². The predicted octanol–water partition coefficient (Wildman–Crippen LogP) is 3.25. The molecule has 2 aromatic rings. The first kappa shape index (κ1) is 12.5. The van der Waals surface area contributed by atoms with Gasteiger partial charge < -0.3 is 4.74 Å². The van der Waals surface area contributed by atoms with E-state index >= 15 is 0 Å². The Balaban J connectivity index is 2.00. The highest BCUT2D eigenvalue weighted by molar-refractivity contribution is 7.98. The molecule has 18 heavy (non-hydrogen) atoms. The fourth-order valence-electron chi connectivity index (χ4n) is 1.44. The number of nitriles is 1. The Labute approximate surface area is 110 Å². The van der Waals surface area contributed by atoms with E-state index in [4.69, 9.17) is 10.00 Å². The van der Waals surface area contributed by atoms with Crippen molar-refractivity contribution in [2.24, 2.45) is 0 Å². The first-order chi connectivity index (χ1) is 8.81. The van der Waals surface area contributed by atoms with Gasteiger partial charge in [0, 0.05) is 11.9 Å². The van der Waals surface area contributed by atoms with Gasteiger partial charge >= 0.3 is 0 Å². The molecule has 0 aliphatic carbocycles. The van der Waals surface area contributed by atoms with Crippen LogP contribution in [0.1, 0.15) is 11.1 Å². The molecular weight excluding hydrogens is 244 g/mol. The molecule has 4 heteroatoms. The van der Waals surface area contributed by atoms with E-state index in [0.29, 0.717) is 5.56 Å². The molecule has 0 spiro atoms. The zero-order valence-electron chi connectivity index (χ0n) is 9.96. The highest BCUT2D eigenvalue weighted by Gasteiger charge is 2.00. The number of rotatable bonds is 4. The molecule has 1 heterocycles. The highest BCUT2D eigenvalue weighted by Crippen LogP contribution is 2.22. The van der Waals surface area contributed by atoms with Crippen molar-refractivity contribution in [2.75, 3.05) is 7.11 Å². The Morgan fingerprint density at radius 3 is 2.72 bits per heavy atom. The molecule has 0 bridgehead atoms. The van der Waals surface area contributed by atoms with Crippen molar-refractivity contribution in [2.45, 2.75) is 10.8 Å².